The molecule has 1 aromatic heterocycles. The molecule has 0 saturated heterocycles. The van der Waals surface area contributed by atoms with Gasteiger partial charge in [-0.1, -0.05) is 59.1 Å². The summed E-state index contributed by atoms with van der Waals surface area (Å²) in [6.07, 6.45) is 1.84. The molecule has 2 N–H and O–H groups in total. The number of aryl methyl sites for hydroxylation is 1. The Morgan fingerprint density at radius 3 is 2.42 bits per heavy atom. The van der Waals surface area contributed by atoms with Gasteiger partial charge in [0, 0.05) is 17.8 Å². The summed E-state index contributed by atoms with van der Waals surface area (Å²) in [6, 6.07) is 17.9. The molecular weight excluding hydrogens is 463 g/mol. The van der Waals surface area contributed by atoms with E-state index in [2.05, 4.69) is 15.6 Å². The van der Waals surface area contributed by atoms with E-state index in [9.17, 15) is 14.4 Å². The average molecular weight is 485 g/mol. The summed E-state index contributed by atoms with van der Waals surface area (Å²) in [6.45, 7) is 1.96. The largest absolute Gasteiger partial charge is 0.345 e. The van der Waals surface area contributed by atoms with E-state index < -0.39 is 17.7 Å². The minimum Gasteiger partial charge on any atom is -0.345 e. The molecule has 1 heterocycles. The van der Waals surface area contributed by atoms with Gasteiger partial charge in [-0.25, -0.2) is 0 Å². The molecule has 0 saturated carbocycles. The molecule has 0 fully saturated rings. The lowest BCUT2D eigenvalue weighted by Gasteiger charge is -2.08. The first-order chi connectivity index (χ1) is 15.8. The van der Waals surface area contributed by atoms with E-state index in [1.165, 1.54) is 23.8 Å². The van der Waals surface area contributed by atoms with Gasteiger partial charge in [0.1, 0.15) is 5.49 Å². The van der Waals surface area contributed by atoms with E-state index in [1.54, 1.807) is 12.1 Å². The Bertz CT molecular complexity index is 1240. The smallest absolute Gasteiger partial charge is 0.267 e. The number of pyridine rings is 1. The van der Waals surface area contributed by atoms with E-state index in [-0.39, 0.29) is 23.7 Å². The van der Waals surface area contributed by atoms with Gasteiger partial charge in [-0.05, 0) is 42.8 Å². The lowest BCUT2D eigenvalue weighted by Crippen LogP contribution is -2.39. The predicted molar refractivity (Wildman–Crippen MR) is 127 cm³/mol. The number of benzene rings is 2. The van der Waals surface area contributed by atoms with Crippen LogP contribution in [0.3, 0.4) is 0 Å². The zero-order valence-electron chi connectivity index (χ0n) is 17.8. The number of halogens is 2. The van der Waals surface area contributed by atoms with Crippen LogP contribution in [0.4, 0.5) is 0 Å². The first-order valence-electron chi connectivity index (χ1n) is 10.1. The Kier molecular flexibility index (Phi) is 8.40. The van der Waals surface area contributed by atoms with Gasteiger partial charge in [-0.3, -0.25) is 14.4 Å². The molecule has 3 aromatic rings. The van der Waals surface area contributed by atoms with Crippen LogP contribution in [0.15, 0.2) is 71.9 Å². The van der Waals surface area contributed by atoms with Crippen LogP contribution >= 0.6 is 23.2 Å². The number of carbonyl (C=O) groups excluding carboxylic acids is 3. The van der Waals surface area contributed by atoms with Gasteiger partial charge in [0.2, 0.25) is 5.91 Å². The normalized spacial score (nSPS) is 11.2. The first-order valence-corrected chi connectivity index (χ1v) is 10.9. The number of nitrogens with zero attached hydrogens (tertiary/aromatic N) is 2. The summed E-state index contributed by atoms with van der Waals surface area (Å²) >= 11 is 11.8. The molecule has 33 heavy (non-hydrogen) atoms. The molecule has 0 aliphatic rings. The highest BCUT2D eigenvalue weighted by atomic mass is 35.5. The van der Waals surface area contributed by atoms with Crippen LogP contribution in [0.2, 0.25) is 10.0 Å². The minimum absolute atomic E-state index is 0.177. The standard InChI is InChI=1S/C24H22Cl2N4O3/c1-16-5-7-17(8-6-16)15-30-11-3-2-4-21(30)29-23(32)14-27-22(31)13-28-24(33)19-10-9-18(25)12-20(19)26/h2-12H,13-15H2,1H3,(H,27,31)(H,28,33). The van der Waals surface area contributed by atoms with Crippen LogP contribution in [0, 0.1) is 6.92 Å². The molecule has 0 spiro atoms. The Balaban J connectivity index is 1.55. The van der Waals surface area contributed by atoms with Crippen LogP contribution < -0.4 is 16.1 Å². The number of carbonyl (C=O) groups is 3. The molecule has 170 valence electrons. The Labute approximate surface area is 201 Å². The molecular formula is C24H22Cl2N4O3. The minimum atomic E-state index is -0.530. The highest BCUT2D eigenvalue weighted by Crippen LogP contribution is 2.20. The van der Waals surface area contributed by atoms with E-state index in [4.69, 9.17) is 23.2 Å². The SMILES string of the molecule is Cc1ccc(Cn2ccccc2=NC(=O)CNC(=O)CNC(=O)c2ccc(Cl)cc2Cl)cc1. The maximum Gasteiger partial charge on any atom is 0.267 e. The highest BCUT2D eigenvalue weighted by molar-refractivity contribution is 6.36. The van der Waals surface area contributed by atoms with E-state index in [0.29, 0.717) is 17.1 Å². The lowest BCUT2D eigenvalue weighted by molar-refractivity contribution is -0.124. The number of hydrogen-bond donors (Lipinski definition) is 2. The van der Waals surface area contributed by atoms with Gasteiger partial charge in [-0.2, -0.15) is 4.99 Å². The van der Waals surface area contributed by atoms with Crippen molar-refractivity contribution >= 4 is 40.9 Å². The average Bonchev–Trinajstić information content (AvgIpc) is 2.79. The molecule has 0 unspecified atom stereocenters. The van der Waals surface area contributed by atoms with E-state index >= 15 is 0 Å². The van der Waals surface area contributed by atoms with Crippen molar-refractivity contribution < 1.29 is 14.4 Å². The van der Waals surface area contributed by atoms with Crippen LogP contribution in [0.1, 0.15) is 21.5 Å². The second kappa shape index (κ2) is 11.4. The summed E-state index contributed by atoms with van der Waals surface area (Å²) in [5.74, 6) is -1.57. The second-order valence-electron chi connectivity index (χ2n) is 7.26. The topological polar surface area (TPSA) is 92.6 Å². The Morgan fingerprint density at radius 1 is 0.939 bits per heavy atom. The molecule has 0 aliphatic heterocycles. The van der Waals surface area contributed by atoms with Crippen LogP contribution in [0.25, 0.3) is 0 Å². The third-order valence-electron chi connectivity index (χ3n) is 4.65. The number of amides is 3. The molecule has 0 bridgehead atoms. The van der Waals surface area contributed by atoms with E-state index in [0.717, 1.165) is 5.56 Å². The molecule has 3 rings (SSSR count). The summed E-state index contributed by atoms with van der Waals surface area (Å²) in [5, 5.41) is 5.47. The summed E-state index contributed by atoms with van der Waals surface area (Å²) in [4.78, 5) is 40.6. The van der Waals surface area contributed by atoms with Crippen molar-refractivity contribution in [2.75, 3.05) is 13.1 Å². The zero-order chi connectivity index (χ0) is 23.8. The fourth-order valence-corrected chi connectivity index (χ4v) is 3.42. The monoisotopic (exact) mass is 484 g/mol. The van der Waals surface area contributed by atoms with Crippen LogP contribution in [-0.4, -0.2) is 35.4 Å². The number of rotatable bonds is 7. The van der Waals surface area contributed by atoms with Gasteiger partial charge in [0.15, 0.2) is 0 Å². The number of nitrogens with one attached hydrogen (secondary N) is 2. The summed E-state index contributed by atoms with van der Waals surface area (Å²) in [5.41, 5.74) is 2.91. The fraction of sp³-hybridized carbons (Fsp3) is 0.167. The molecule has 0 radical (unpaired) electrons. The summed E-state index contributed by atoms with van der Waals surface area (Å²) in [7, 11) is 0. The van der Waals surface area contributed by atoms with Crippen molar-refractivity contribution in [2.24, 2.45) is 4.99 Å². The maximum atomic E-state index is 12.3. The number of hydrogen-bond acceptors (Lipinski definition) is 3. The zero-order valence-corrected chi connectivity index (χ0v) is 19.4. The lowest BCUT2D eigenvalue weighted by atomic mass is 10.1. The highest BCUT2D eigenvalue weighted by Gasteiger charge is 2.12. The third-order valence-corrected chi connectivity index (χ3v) is 5.20. The molecule has 7 nitrogen and oxygen atoms in total. The number of aromatic nitrogens is 1. The van der Waals surface area contributed by atoms with Crippen LogP contribution in [0.5, 0.6) is 0 Å². The van der Waals surface area contributed by atoms with Gasteiger partial charge in [0.05, 0.1) is 23.7 Å². The van der Waals surface area contributed by atoms with Gasteiger partial charge in [-0.15, -0.1) is 0 Å². The van der Waals surface area contributed by atoms with Crippen molar-refractivity contribution in [2.45, 2.75) is 13.5 Å². The van der Waals surface area contributed by atoms with Crippen LogP contribution in [-0.2, 0) is 16.1 Å². The molecule has 0 atom stereocenters. The molecule has 2 aromatic carbocycles. The predicted octanol–water partition coefficient (Wildman–Crippen LogP) is 3.13. The molecule has 3 amide bonds. The summed E-state index contributed by atoms with van der Waals surface area (Å²) < 4.78 is 1.85. The quantitative estimate of drug-likeness (QED) is 0.539. The van der Waals surface area contributed by atoms with Gasteiger partial charge < -0.3 is 15.2 Å². The van der Waals surface area contributed by atoms with E-state index in [1.807, 2.05) is 48.0 Å². The van der Waals surface area contributed by atoms with Gasteiger partial charge >= 0.3 is 0 Å². The fourth-order valence-electron chi connectivity index (χ4n) is 2.93. The van der Waals surface area contributed by atoms with Crippen molar-refractivity contribution in [1.29, 1.82) is 0 Å². The van der Waals surface area contributed by atoms with Crippen molar-refractivity contribution in [3.63, 3.8) is 0 Å². The van der Waals surface area contributed by atoms with Crippen molar-refractivity contribution in [1.82, 2.24) is 15.2 Å². The van der Waals surface area contributed by atoms with Gasteiger partial charge in [0.25, 0.3) is 11.8 Å². The third kappa shape index (κ3) is 7.30. The first kappa shape index (κ1) is 24.2. The second-order valence-corrected chi connectivity index (χ2v) is 8.11. The van der Waals surface area contributed by atoms with Crippen molar-refractivity contribution in [3.8, 4) is 0 Å². The Hall–Kier alpha value is -3.42. The van der Waals surface area contributed by atoms with Crippen molar-refractivity contribution in [3.05, 3.63) is 99.1 Å². The molecule has 9 heteroatoms. The maximum absolute atomic E-state index is 12.3. The Morgan fingerprint density at radius 2 is 1.70 bits per heavy atom. The molecule has 0 aliphatic carbocycles.